The zero-order valence-corrected chi connectivity index (χ0v) is 37.3. The molecule has 10 atom stereocenters. The molecule has 0 bridgehead atoms. The van der Waals surface area contributed by atoms with Gasteiger partial charge in [0.2, 0.25) is 11.8 Å². The lowest BCUT2D eigenvalue weighted by molar-refractivity contribution is -0.250. The molecule has 58 heavy (non-hydrogen) atoms. The van der Waals surface area contributed by atoms with Gasteiger partial charge in [-0.1, -0.05) is 70.5 Å². The van der Waals surface area contributed by atoms with Crippen molar-refractivity contribution < 1.29 is 29.0 Å². The van der Waals surface area contributed by atoms with E-state index in [1.165, 1.54) is 5.57 Å². The molecule has 0 radical (unpaired) electrons. The Morgan fingerprint density at radius 3 is 2.14 bits per heavy atom. The maximum absolute atomic E-state index is 15.1. The first-order chi connectivity index (χ1) is 27.1. The standard InChI is InChI=1S/C49H69ClN2O6/c1-31(2)34-18-23-49(42(55)52-28-26-51(27-29-52)39(53)17-12-32-10-13-33(50)14-11-32)25-24-47(8)35(41(34)49)15-16-37-46(7)21-20-38(58-40(54)30-44(3,4)43(56)57)45(5,6)36(46)19-22-48(37,47)9/h10-14,17,34-38,41H,1,15-16,18-30H2,2-9H3,(H,56,57)/b17-12+/t34-,35+,36-,37+,38-,41+,46-,47+,48+,49-/m0/s1. The van der Waals surface area contributed by atoms with Crippen molar-refractivity contribution in [3.63, 3.8) is 0 Å². The van der Waals surface area contributed by atoms with Crippen LogP contribution in [-0.2, 0) is 23.9 Å². The van der Waals surface area contributed by atoms with Crippen LogP contribution in [0.2, 0.25) is 5.02 Å². The molecule has 0 unspecified atom stereocenters. The van der Waals surface area contributed by atoms with Crippen LogP contribution in [0.3, 0.4) is 0 Å². The van der Waals surface area contributed by atoms with Crippen LogP contribution < -0.4 is 0 Å². The van der Waals surface area contributed by atoms with Crippen LogP contribution in [0.25, 0.3) is 6.08 Å². The molecule has 1 aromatic rings. The molecule has 1 aliphatic heterocycles. The van der Waals surface area contributed by atoms with Crippen molar-refractivity contribution in [2.24, 2.45) is 62.1 Å². The van der Waals surface area contributed by atoms with Crippen LogP contribution in [0.1, 0.15) is 132 Å². The topological polar surface area (TPSA) is 104 Å². The summed E-state index contributed by atoms with van der Waals surface area (Å²) in [5, 5.41) is 10.3. The number of allylic oxidation sites excluding steroid dienone is 1. The molecule has 5 saturated carbocycles. The Morgan fingerprint density at radius 2 is 1.50 bits per heavy atom. The number of fused-ring (bicyclic) bond motifs is 7. The number of benzene rings is 1. The van der Waals surface area contributed by atoms with Crippen LogP contribution in [-0.4, -0.2) is 70.9 Å². The fourth-order valence-electron chi connectivity index (χ4n) is 14.6. The van der Waals surface area contributed by atoms with E-state index in [2.05, 4.69) is 53.0 Å². The minimum Gasteiger partial charge on any atom is -0.481 e. The Labute approximate surface area is 352 Å². The maximum Gasteiger partial charge on any atom is 0.309 e. The van der Waals surface area contributed by atoms with Gasteiger partial charge in [0.15, 0.2) is 0 Å². The second-order valence-corrected chi connectivity index (χ2v) is 22.0. The predicted octanol–water partition coefficient (Wildman–Crippen LogP) is 10.1. The Kier molecular flexibility index (Phi) is 11.2. The summed E-state index contributed by atoms with van der Waals surface area (Å²) in [7, 11) is 0. The molecular weight excluding hydrogens is 748 g/mol. The average molecular weight is 818 g/mol. The van der Waals surface area contributed by atoms with Gasteiger partial charge in [-0.2, -0.15) is 0 Å². The van der Waals surface area contributed by atoms with Crippen LogP contribution in [0.5, 0.6) is 0 Å². The fraction of sp³-hybridized carbons (Fsp3) is 0.714. The number of ether oxygens (including phenoxy) is 1. The minimum absolute atomic E-state index is 0.0270. The predicted molar refractivity (Wildman–Crippen MR) is 229 cm³/mol. The SMILES string of the molecule is C=C(C)[C@@H]1CC[C@]2(C(=O)N3CCN(C(=O)/C=C/c4ccc(Cl)cc4)CC3)CC[C@]3(C)[C@H](CC[C@@H]4[C@@]5(C)CC[C@H](OC(=O)CC(C)(C)C(=O)O)C(C)(C)[C@@H]5CC[C@]43C)[C@@H]12. The summed E-state index contributed by atoms with van der Waals surface area (Å²) in [6.07, 6.45) is 13.2. The summed E-state index contributed by atoms with van der Waals surface area (Å²) >= 11 is 6.03. The lowest BCUT2D eigenvalue weighted by atomic mass is 9.32. The first kappa shape index (κ1) is 43.0. The number of halogens is 1. The number of esters is 1. The van der Waals surface area contributed by atoms with Crippen LogP contribution in [0.15, 0.2) is 42.5 Å². The number of nitrogens with zero attached hydrogens (tertiary/aromatic N) is 2. The second kappa shape index (κ2) is 15.1. The number of rotatable bonds is 8. The Balaban J connectivity index is 1.08. The van der Waals surface area contributed by atoms with Crippen molar-refractivity contribution in [1.29, 1.82) is 0 Å². The van der Waals surface area contributed by atoms with E-state index in [0.29, 0.717) is 60.8 Å². The number of piperazine rings is 1. The zero-order valence-electron chi connectivity index (χ0n) is 36.5. The summed E-state index contributed by atoms with van der Waals surface area (Å²) in [5.74, 6) is 0.822. The molecular formula is C49H69ClN2O6. The van der Waals surface area contributed by atoms with Gasteiger partial charge in [0.05, 0.1) is 17.3 Å². The molecule has 1 N–H and O–H groups in total. The molecule has 318 valence electrons. The maximum atomic E-state index is 15.1. The van der Waals surface area contributed by atoms with E-state index in [1.807, 2.05) is 35.2 Å². The summed E-state index contributed by atoms with van der Waals surface area (Å²) in [4.78, 5) is 57.2. The van der Waals surface area contributed by atoms with Crippen LogP contribution in [0.4, 0.5) is 0 Å². The number of carboxylic acid groups (broad SMARTS) is 1. The zero-order chi connectivity index (χ0) is 42.2. The van der Waals surface area contributed by atoms with E-state index in [1.54, 1.807) is 19.9 Å². The van der Waals surface area contributed by atoms with Gasteiger partial charge in [0.1, 0.15) is 6.10 Å². The van der Waals surface area contributed by atoms with Crippen molar-refractivity contribution in [2.45, 2.75) is 132 Å². The number of carbonyl (C=O) groups is 4. The molecule has 0 spiro atoms. The normalized spacial score (nSPS) is 38.2. The van der Waals surface area contributed by atoms with E-state index in [9.17, 15) is 19.5 Å². The highest BCUT2D eigenvalue weighted by Crippen LogP contribution is 2.77. The lowest BCUT2D eigenvalue weighted by Crippen LogP contribution is -2.68. The highest BCUT2D eigenvalue weighted by Gasteiger charge is 2.72. The quantitative estimate of drug-likeness (QED) is 0.159. The molecule has 2 amide bonds. The third-order valence-electron chi connectivity index (χ3n) is 18.0. The van der Waals surface area contributed by atoms with E-state index in [0.717, 1.165) is 69.8 Å². The third-order valence-corrected chi connectivity index (χ3v) is 18.3. The van der Waals surface area contributed by atoms with Gasteiger partial charge in [-0.25, -0.2) is 0 Å². The van der Waals surface area contributed by atoms with E-state index < -0.39 is 22.8 Å². The van der Waals surface area contributed by atoms with Crippen LogP contribution in [0, 0.1) is 62.1 Å². The van der Waals surface area contributed by atoms with Crippen molar-refractivity contribution in [1.82, 2.24) is 9.80 Å². The first-order valence-electron chi connectivity index (χ1n) is 22.2. The van der Waals surface area contributed by atoms with Gasteiger partial charge in [-0.15, -0.1) is 0 Å². The van der Waals surface area contributed by atoms with Gasteiger partial charge in [-0.3, -0.25) is 19.2 Å². The van der Waals surface area contributed by atoms with Gasteiger partial charge in [-0.05, 0) is 155 Å². The highest BCUT2D eigenvalue weighted by molar-refractivity contribution is 6.30. The summed E-state index contributed by atoms with van der Waals surface area (Å²) < 4.78 is 6.19. The van der Waals surface area contributed by atoms with E-state index in [4.69, 9.17) is 16.3 Å². The van der Waals surface area contributed by atoms with Gasteiger partial charge in [0.25, 0.3) is 0 Å². The Hall–Kier alpha value is -3.13. The molecule has 1 saturated heterocycles. The highest BCUT2D eigenvalue weighted by atomic mass is 35.5. The lowest BCUT2D eigenvalue weighted by Gasteiger charge is -2.73. The minimum atomic E-state index is -1.16. The smallest absolute Gasteiger partial charge is 0.309 e. The van der Waals surface area contributed by atoms with Gasteiger partial charge in [0, 0.05) is 42.7 Å². The monoisotopic (exact) mass is 816 g/mol. The molecule has 6 aliphatic rings. The Bertz CT molecular complexity index is 1850. The van der Waals surface area contributed by atoms with Crippen molar-refractivity contribution >= 4 is 41.4 Å². The largest absolute Gasteiger partial charge is 0.481 e. The molecule has 6 fully saturated rings. The number of amides is 2. The summed E-state index contributed by atoms with van der Waals surface area (Å²) in [6, 6.07) is 7.43. The molecule has 8 nitrogen and oxygen atoms in total. The number of carboxylic acids is 1. The number of hydrogen-bond donors (Lipinski definition) is 1. The first-order valence-corrected chi connectivity index (χ1v) is 22.6. The molecule has 9 heteroatoms. The second-order valence-electron chi connectivity index (χ2n) is 21.5. The van der Waals surface area contributed by atoms with E-state index in [-0.39, 0.29) is 46.0 Å². The average Bonchev–Trinajstić information content (AvgIpc) is 3.57. The van der Waals surface area contributed by atoms with Crippen molar-refractivity contribution in [3.05, 3.63) is 53.1 Å². The molecule has 1 aromatic carbocycles. The van der Waals surface area contributed by atoms with Crippen molar-refractivity contribution in [2.75, 3.05) is 26.2 Å². The molecule has 7 rings (SSSR count). The molecule has 0 aromatic heterocycles. The summed E-state index contributed by atoms with van der Waals surface area (Å²) in [5.41, 5.74) is 0.623. The third kappa shape index (κ3) is 6.87. The number of hydrogen-bond acceptors (Lipinski definition) is 5. The molecule has 5 aliphatic carbocycles. The Morgan fingerprint density at radius 1 is 0.845 bits per heavy atom. The van der Waals surface area contributed by atoms with Gasteiger partial charge >= 0.3 is 11.9 Å². The van der Waals surface area contributed by atoms with E-state index >= 15 is 4.79 Å². The summed E-state index contributed by atoms with van der Waals surface area (Å²) in [6.45, 7) is 24.4. The van der Waals surface area contributed by atoms with Crippen LogP contribution >= 0.6 is 11.6 Å². The number of aliphatic carboxylic acids is 1. The fourth-order valence-corrected chi connectivity index (χ4v) is 14.8. The van der Waals surface area contributed by atoms with Gasteiger partial charge < -0.3 is 19.6 Å². The van der Waals surface area contributed by atoms with Crippen molar-refractivity contribution in [3.8, 4) is 0 Å². The molecule has 1 heterocycles. The number of carbonyl (C=O) groups excluding carboxylic acids is 3.